The molecule has 62 valence electrons. The van der Waals surface area contributed by atoms with Gasteiger partial charge >= 0.3 is 0 Å². The maximum atomic E-state index is 12.9. The summed E-state index contributed by atoms with van der Waals surface area (Å²) in [6.45, 7) is 1.66. The number of fused-ring (bicyclic) bond motifs is 1. The van der Waals surface area contributed by atoms with Crippen molar-refractivity contribution in [1.82, 2.24) is 20.2 Å². The number of nitrogens with one attached hydrogen (secondary N) is 1. The normalized spacial score (nSPS) is 10.9. The first kappa shape index (κ1) is 7.42. The Morgan fingerprint density at radius 3 is 2.92 bits per heavy atom. The Morgan fingerprint density at radius 1 is 1.42 bits per heavy atom. The predicted molar refractivity (Wildman–Crippen MR) is 41.4 cm³/mol. The van der Waals surface area contributed by atoms with Crippen molar-refractivity contribution in [3.63, 3.8) is 0 Å². The van der Waals surface area contributed by atoms with Gasteiger partial charge in [-0.05, 0) is 6.92 Å². The molecular formula is C6H4ClFN4. The molecule has 0 saturated carbocycles. The van der Waals surface area contributed by atoms with Crippen LogP contribution in [0, 0.1) is 12.9 Å². The van der Waals surface area contributed by atoms with Crippen molar-refractivity contribution in [1.29, 1.82) is 0 Å². The topological polar surface area (TPSA) is 54.5 Å². The number of hydrogen-bond acceptors (Lipinski definition) is 3. The number of nitrogens with zero attached hydrogens (tertiary/aromatic N) is 3. The standard InChI is InChI=1S/C6H4ClFN4/c1-2-9-4(7)3-5(8)11-12-6(3)10-2/h1H3,(H,9,10,11,12). The van der Waals surface area contributed by atoms with E-state index in [0.29, 0.717) is 5.82 Å². The molecular weight excluding hydrogens is 183 g/mol. The van der Waals surface area contributed by atoms with Crippen molar-refractivity contribution >= 4 is 22.6 Å². The highest BCUT2D eigenvalue weighted by Gasteiger charge is 2.11. The van der Waals surface area contributed by atoms with Crippen molar-refractivity contribution in [3.8, 4) is 0 Å². The third-order valence-corrected chi connectivity index (χ3v) is 1.71. The third-order valence-electron chi connectivity index (χ3n) is 1.44. The first-order chi connectivity index (χ1) is 5.68. The third kappa shape index (κ3) is 0.937. The van der Waals surface area contributed by atoms with Crippen LogP contribution in [0.2, 0.25) is 5.15 Å². The minimum Gasteiger partial charge on any atom is -0.250 e. The van der Waals surface area contributed by atoms with Gasteiger partial charge in [0.2, 0.25) is 5.95 Å². The second-order valence-corrected chi connectivity index (χ2v) is 2.66. The summed E-state index contributed by atoms with van der Waals surface area (Å²) in [7, 11) is 0. The smallest absolute Gasteiger partial charge is 0.221 e. The van der Waals surface area contributed by atoms with Gasteiger partial charge in [0.15, 0.2) is 5.65 Å². The van der Waals surface area contributed by atoms with Crippen molar-refractivity contribution in [2.75, 3.05) is 0 Å². The average Bonchev–Trinajstić information content (AvgIpc) is 2.31. The van der Waals surface area contributed by atoms with Gasteiger partial charge in [0.1, 0.15) is 16.4 Å². The van der Waals surface area contributed by atoms with Crippen LogP contribution in [0.1, 0.15) is 5.82 Å². The van der Waals surface area contributed by atoms with E-state index in [4.69, 9.17) is 11.6 Å². The number of aromatic amines is 1. The van der Waals surface area contributed by atoms with Crippen molar-refractivity contribution in [3.05, 3.63) is 16.9 Å². The zero-order valence-corrected chi connectivity index (χ0v) is 6.85. The van der Waals surface area contributed by atoms with Gasteiger partial charge in [-0.3, -0.25) is 5.10 Å². The fourth-order valence-electron chi connectivity index (χ4n) is 0.952. The molecule has 0 aliphatic heterocycles. The molecule has 0 aliphatic carbocycles. The number of aryl methyl sites for hydroxylation is 1. The number of aromatic nitrogens is 4. The predicted octanol–water partition coefficient (Wildman–Crippen LogP) is 1.45. The zero-order chi connectivity index (χ0) is 8.72. The highest BCUT2D eigenvalue weighted by atomic mass is 35.5. The Bertz CT molecular complexity index is 438. The summed E-state index contributed by atoms with van der Waals surface area (Å²) in [5.74, 6) is -0.131. The van der Waals surface area contributed by atoms with E-state index >= 15 is 0 Å². The Balaban J connectivity index is 2.93. The van der Waals surface area contributed by atoms with Crippen molar-refractivity contribution in [2.24, 2.45) is 0 Å². The van der Waals surface area contributed by atoms with E-state index in [9.17, 15) is 4.39 Å². The SMILES string of the molecule is Cc1nc(Cl)c2c(F)[nH]nc2n1. The van der Waals surface area contributed by atoms with Crippen LogP contribution in [0.25, 0.3) is 11.0 Å². The summed E-state index contributed by atoms with van der Waals surface area (Å²) in [6.07, 6.45) is 0. The van der Waals surface area contributed by atoms with E-state index in [1.165, 1.54) is 0 Å². The molecule has 2 aromatic heterocycles. The Kier molecular flexibility index (Phi) is 1.47. The molecule has 1 N–H and O–H groups in total. The zero-order valence-electron chi connectivity index (χ0n) is 6.10. The molecule has 0 atom stereocenters. The lowest BCUT2D eigenvalue weighted by Crippen LogP contribution is -1.89. The van der Waals surface area contributed by atoms with Gasteiger partial charge in [-0.25, -0.2) is 9.97 Å². The molecule has 0 amide bonds. The summed E-state index contributed by atoms with van der Waals surface area (Å²) >= 11 is 5.66. The van der Waals surface area contributed by atoms with E-state index in [2.05, 4.69) is 20.2 Å². The molecule has 0 bridgehead atoms. The van der Waals surface area contributed by atoms with Crippen LogP contribution >= 0.6 is 11.6 Å². The van der Waals surface area contributed by atoms with Crippen molar-refractivity contribution < 1.29 is 4.39 Å². The molecule has 0 spiro atoms. The molecule has 0 aromatic carbocycles. The molecule has 0 fully saturated rings. The quantitative estimate of drug-likeness (QED) is 0.634. The molecule has 12 heavy (non-hydrogen) atoms. The Hall–Kier alpha value is -1.23. The van der Waals surface area contributed by atoms with Gasteiger partial charge < -0.3 is 0 Å². The average molecular weight is 187 g/mol. The lowest BCUT2D eigenvalue weighted by atomic mass is 10.4. The molecule has 2 rings (SSSR count). The molecule has 0 unspecified atom stereocenters. The lowest BCUT2D eigenvalue weighted by molar-refractivity contribution is 0.588. The van der Waals surface area contributed by atoms with E-state index in [0.717, 1.165) is 0 Å². The molecule has 4 nitrogen and oxygen atoms in total. The summed E-state index contributed by atoms with van der Waals surface area (Å²) in [5, 5.41) is 5.97. The summed E-state index contributed by atoms with van der Waals surface area (Å²) < 4.78 is 12.9. The highest BCUT2D eigenvalue weighted by molar-refractivity contribution is 6.33. The molecule has 6 heteroatoms. The number of halogens is 2. The van der Waals surface area contributed by atoms with E-state index in [1.807, 2.05) is 0 Å². The van der Waals surface area contributed by atoms with Gasteiger partial charge in [0.25, 0.3) is 0 Å². The van der Waals surface area contributed by atoms with Gasteiger partial charge in [0, 0.05) is 0 Å². The molecule has 0 saturated heterocycles. The van der Waals surface area contributed by atoms with E-state index in [1.54, 1.807) is 6.92 Å². The van der Waals surface area contributed by atoms with E-state index in [-0.39, 0.29) is 16.2 Å². The van der Waals surface area contributed by atoms with Gasteiger partial charge in [-0.15, -0.1) is 0 Å². The van der Waals surface area contributed by atoms with Crippen LogP contribution in [0.4, 0.5) is 4.39 Å². The molecule has 2 heterocycles. The maximum Gasteiger partial charge on any atom is 0.221 e. The monoisotopic (exact) mass is 186 g/mol. The Labute approximate surface area is 71.8 Å². The van der Waals surface area contributed by atoms with Crippen LogP contribution < -0.4 is 0 Å². The van der Waals surface area contributed by atoms with Gasteiger partial charge in [-0.2, -0.15) is 9.49 Å². The van der Waals surface area contributed by atoms with Crippen LogP contribution in [-0.2, 0) is 0 Å². The first-order valence-corrected chi connectivity index (χ1v) is 3.60. The second-order valence-electron chi connectivity index (χ2n) is 2.30. The Morgan fingerprint density at radius 2 is 2.17 bits per heavy atom. The van der Waals surface area contributed by atoms with Gasteiger partial charge in [-0.1, -0.05) is 11.6 Å². The molecule has 2 aromatic rings. The van der Waals surface area contributed by atoms with Gasteiger partial charge in [0.05, 0.1) is 0 Å². The van der Waals surface area contributed by atoms with Crippen LogP contribution in [0.15, 0.2) is 0 Å². The minimum absolute atomic E-state index is 0.0868. The molecule has 0 radical (unpaired) electrons. The minimum atomic E-state index is -0.602. The molecule has 0 aliphatic rings. The van der Waals surface area contributed by atoms with Crippen molar-refractivity contribution in [2.45, 2.75) is 6.92 Å². The number of H-pyrrole nitrogens is 1. The fourth-order valence-corrected chi connectivity index (χ4v) is 1.24. The largest absolute Gasteiger partial charge is 0.250 e. The summed E-state index contributed by atoms with van der Waals surface area (Å²) in [5.41, 5.74) is 0.255. The maximum absolute atomic E-state index is 12.9. The highest BCUT2D eigenvalue weighted by Crippen LogP contribution is 2.20. The van der Waals surface area contributed by atoms with Crippen LogP contribution in [0.3, 0.4) is 0 Å². The van der Waals surface area contributed by atoms with Crippen LogP contribution in [0.5, 0.6) is 0 Å². The lowest BCUT2D eigenvalue weighted by Gasteiger charge is -1.92. The van der Waals surface area contributed by atoms with Crippen LogP contribution in [-0.4, -0.2) is 20.2 Å². The second kappa shape index (κ2) is 2.38. The number of rotatable bonds is 0. The first-order valence-electron chi connectivity index (χ1n) is 3.22. The fraction of sp³-hybridized carbons (Fsp3) is 0.167. The number of hydrogen-bond donors (Lipinski definition) is 1. The summed E-state index contributed by atoms with van der Waals surface area (Å²) in [4.78, 5) is 7.67. The van der Waals surface area contributed by atoms with E-state index < -0.39 is 5.95 Å². The summed E-state index contributed by atoms with van der Waals surface area (Å²) in [6, 6.07) is 0.